The van der Waals surface area contributed by atoms with Crippen molar-refractivity contribution >= 4 is 22.6 Å². The van der Waals surface area contributed by atoms with Crippen LogP contribution in [0.5, 0.6) is 0 Å². The Morgan fingerprint density at radius 1 is 1.17 bits per heavy atom. The van der Waals surface area contributed by atoms with Crippen LogP contribution in [0.15, 0.2) is 36.5 Å². The summed E-state index contributed by atoms with van der Waals surface area (Å²) >= 11 is 0. The molecule has 4 rings (SSSR count). The molecule has 0 spiro atoms. The van der Waals surface area contributed by atoms with Crippen molar-refractivity contribution in [3.8, 4) is 0 Å². The summed E-state index contributed by atoms with van der Waals surface area (Å²) in [6.45, 7) is 9.60. The number of hydrogen-bond donors (Lipinski definition) is 1. The highest BCUT2D eigenvalue weighted by Gasteiger charge is 2.14. The molecule has 7 nitrogen and oxygen atoms in total. The largest absolute Gasteiger partial charge is 0.379 e. The molecule has 1 amide bonds. The van der Waals surface area contributed by atoms with Gasteiger partial charge in [0.05, 0.1) is 19.8 Å². The number of fused-ring (bicyclic) bond motifs is 1. The number of carbonyl (C=O) groups is 1. The van der Waals surface area contributed by atoms with Crippen molar-refractivity contribution in [1.29, 1.82) is 0 Å². The predicted octanol–water partition coefficient (Wildman–Crippen LogP) is 3.08. The minimum Gasteiger partial charge on any atom is -0.379 e. The van der Waals surface area contributed by atoms with E-state index >= 15 is 0 Å². The van der Waals surface area contributed by atoms with Crippen LogP contribution in [-0.2, 0) is 18.3 Å². The van der Waals surface area contributed by atoms with Crippen LogP contribution in [0.2, 0.25) is 0 Å². The first-order chi connectivity index (χ1) is 14.0. The van der Waals surface area contributed by atoms with Gasteiger partial charge in [0.25, 0.3) is 5.91 Å². The number of aromatic nitrogens is 3. The number of amides is 1. The normalized spacial score (nSPS) is 15.3. The average molecular weight is 396 g/mol. The SMILES string of the molecule is CC(C)c1cc2ccc(C(=O)Nc3ccn(CCN4CCOCC4)n3)cc2n1C. The molecular weight excluding hydrogens is 366 g/mol. The van der Waals surface area contributed by atoms with Crippen LogP contribution in [0.1, 0.15) is 35.8 Å². The fraction of sp³-hybridized carbons (Fsp3) is 0.455. The summed E-state index contributed by atoms with van der Waals surface area (Å²) < 4.78 is 9.41. The minimum atomic E-state index is -0.141. The number of benzene rings is 1. The third-order valence-corrected chi connectivity index (χ3v) is 5.57. The lowest BCUT2D eigenvalue weighted by Gasteiger charge is -2.26. The molecule has 0 radical (unpaired) electrons. The molecule has 154 valence electrons. The van der Waals surface area contributed by atoms with E-state index in [9.17, 15) is 4.79 Å². The van der Waals surface area contributed by atoms with E-state index in [2.05, 4.69) is 46.8 Å². The standard InChI is InChI=1S/C22H29N5O2/c1-16(2)19-14-17-4-5-18(15-20(17)25(19)3)22(28)23-21-6-7-27(24-21)9-8-26-10-12-29-13-11-26/h4-7,14-16H,8-13H2,1-3H3,(H,23,24,28). The molecule has 0 unspecified atom stereocenters. The molecule has 1 aliphatic heterocycles. The van der Waals surface area contributed by atoms with Gasteiger partial charge in [0.2, 0.25) is 0 Å². The molecular formula is C22H29N5O2. The van der Waals surface area contributed by atoms with Gasteiger partial charge in [0.15, 0.2) is 5.82 Å². The molecule has 29 heavy (non-hydrogen) atoms. The summed E-state index contributed by atoms with van der Waals surface area (Å²) in [7, 11) is 2.05. The lowest BCUT2D eigenvalue weighted by Crippen LogP contribution is -2.38. The van der Waals surface area contributed by atoms with Gasteiger partial charge in [-0.3, -0.25) is 14.4 Å². The van der Waals surface area contributed by atoms with Crippen molar-refractivity contribution in [2.24, 2.45) is 7.05 Å². The highest BCUT2D eigenvalue weighted by molar-refractivity contribution is 6.05. The van der Waals surface area contributed by atoms with Crippen molar-refractivity contribution in [2.75, 3.05) is 38.2 Å². The van der Waals surface area contributed by atoms with Crippen LogP contribution >= 0.6 is 0 Å². The Morgan fingerprint density at radius 3 is 2.72 bits per heavy atom. The molecule has 2 aromatic heterocycles. The number of hydrogen-bond acceptors (Lipinski definition) is 4. The molecule has 0 bridgehead atoms. The van der Waals surface area contributed by atoms with Gasteiger partial charge < -0.3 is 14.6 Å². The van der Waals surface area contributed by atoms with E-state index in [1.807, 2.05) is 35.1 Å². The molecule has 3 heterocycles. The van der Waals surface area contributed by atoms with E-state index in [0.717, 1.165) is 50.3 Å². The van der Waals surface area contributed by atoms with Gasteiger partial charge in [-0.15, -0.1) is 0 Å². The number of anilines is 1. The summed E-state index contributed by atoms with van der Waals surface area (Å²) in [5.74, 6) is 0.871. The predicted molar refractivity (Wildman–Crippen MR) is 114 cm³/mol. The van der Waals surface area contributed by atoms with Crippen molar-refractivity contribution in [1.82, 2.24) is 19.2 Å². The van der Waals surface area contributed by atoms with E-state index in [-0.39, 0.29) is 5.91 Å². The van der Waals surface area contributed by atoms with Gasteiger partial charge in [-0.2, -0.15) is 5.10 Å². The van der Waals surface area contributed by atoms with Gasteiger partial charge in [-0.05, 0) is 29.5 Å². The van der Waals surface area contributed by atoms with Crippen molar-refractivity contribution in [3.05, 3.63) is 47.8 Å². The van der Waals surface area contributed by atoms with E-state index in [4.69, 9.17) is 4.74 Å². The first kappa shape index (κ1) is 19.7. The Hall–Kier alpha value is -2.64. The fourth-order valence-electron chi connectivity index (χ4n) is 3.86. The minimum absolute atomic E-state index is 0.141. The third kappa shape index (κ3) is 4.36. The van der Waals surface area contributed by atoms with Crippen LogP contribution < -0.4 is 5.32 Å². The topological polar surface area (TPSA) is 64.3 Å². The zero-order valence-corrected chi connectivity index (χ0v) is 17.4. The zero-order chi connectivity index (χ0) is 20.4. The van der Waals surface area contributed by atoms with Gasteiger partial charge in [0, 0.05) is 55.7 Å². The van der Waals surface area contributed by atoms with E-state index < -0.39 is 0 Å². The zero-order valence-electron chi connectivity index (χ0n) is 17.4. The molecule has 1 aromatic carbocycles. The number of aryl methyl sites for hydroxylation is 1. The fourth-order valence-corrected chi connectivity index (χ4v) is 3.86. The van der Waals surface area contributed by atoms with Crippen LogP contribution in [0.4, 0.5) is 5.82 Å². The third-order valence-electron chi connectivity index (χ3n) is 5.57. The Labute approximate surface area is 171 Å². The van der Waals surface area contributed by atoms with E-state index in [1.54, 1.807) is 0 Å². The molecule has 0 saturated carbocycles. The highest BCUT2D eigenvalue weighted by atomic mass is 16.5. The van der Waals surface area contributed by atoms with Gasteiger partial charge in [-0.1, -0.05) is 19.9 Å². The second-order valence-electron chi connectivity index (χ2n) is 7.93. The maximum absolute atomic E-state index is 12.7. The number of ether oxygens (including phenoxy) is 1. The Morgan fingerprint density at radius 2 is 1.97 bits per heavy atom. The number of nitrogens with zero attached hydrogens (tertiary/aromatic N) is 4. The molecule has 1 saturated heterocycles. The second-order valence-corrected chi connectivity index (χ2v) is 7.93. The van der Waals surface area contributed by atoms with Crippen molar-refractivity contribution in [2.45, 2.75) is 26.3 Å². The molecule has 0 aliphatic carbocycles. The maximum Gasteiger partial charge on any atom is 0.256 e. The van der Waals surface area contributed by atoms with Crippen LogP contribution in [-0.4, -0.2) is 58.0 Å². The Kier molecular flexibility index (Phi) is 5.69. The van der Waals surface area contributed by atoms with Gasteiger partial charge in [-0.25, -0.2) is 0 Å². The smallest absolute Gasteiger partial charge is 0.256 e. The Bertz CT molecular complexity index is 998. The average Bonchev–Trinajstić information content (AvgIpc) is 3.31. The lowest BCUT2D eigenvalue weighted by atomic mass is 10.1. The van der Waals surface area contributed by atoms with Crippen molar-refractivity contribution in [3.63, 3.8) is 0 Å². The second kappa shape index (κ2) is 8.39. The summed E-state index contributed by atoms with van der Waals surface area (Å²) in [6.07, 6.45) is 1.91. The van der Waals surface area contributed by atoms with Gasteiger partial charge >= 0.3 is 0 Å². The monoisotopic (exact) mass is 395 g/mol. The van der Waals surface area contributed by atoms with Crippen LogP contribution in [0.25, 0.3) is 10.9 Å². The lowest BCUT2D eigenvalue weighted by molar-refractivity contribution is 0.0360. The number of rotatable bonds is 6. The van der Waals surface area contributed by atoms with Crippen LogP contribution in [0.3, 0.4) is 0 Å². The van der Waals surface area contributed by atoms with Gasteiger partial charge in [0.1, 0.15) is 0 Å². The Balaban J connectivity index is 1.41. The molecule has 1 aliphatic rings. The number of nitrogens with one attached hydrogen (secondary N) is 1. The molecule has 1 N–H and O–H groups in total. The number of carbonyl (C=O) groups excluding carboxylic acids is 1. The summed E-state index contributed by atoms with van der Waals surface area (Å²) in [5.41, 5.74) is 2.96. The summed E-state index contributed by atoms with van der Waals surface area (Å²) in [4.78, 5) is 15.1. The van der Waals surface area contributed by atoms with Crippen molar-refractivity contribution < 1.29 is 9.53 Å². The molecule has 1 fully saturated rings. The first-order valence-corrected chi connectivity index (χ1v) is 10.3. The summed E-state index contributed by atoms with van der Waals surface area (Å²) in [6, 6.07) is 9.87. The molecule has 0 atom stereocenters. The molecule has 7 heteroatoms. The quantitative estimate of drug-likeness (QED) is 0.697. The maximum atomic E-state index is 12.7. The first-order valence-electron chi connectivity index (χ1n) is 10.3. The van der Waals surface area contributed by atoms with Crippen LogP contribution in [0, 0.1) is 0 Å². The molecule has 3 aromatic rings. The highest BCUT2D eigenvalue weighted by Crippen LogP contribution is 2.25. The number of morpholine rings is 1. The van der Waals surface area contributed by atoms with E-state index in [0.29, 0.717) is 17.3 Å². The van der Waals surface area contributed by atoms with E-state index in [1.165, 1.54) is 5.69 Å². The summed E-state index contributed by atoms with van der Waals surface area (Å²) in [5, 5.41) is 8.56.